The number of nitrogens with zero attached hydrogens (tertiary/aromatic N) is 2. The van der Waals surface area contributed by atoms with Crippen molar-refractivity contribution in [3.8, 4) is 0 Å². The third kappa shape index (κ3) is 2.55. The van der Waals surface area contributed by atoms with Crippen molar-refractivity contribution in [1.29, 1.82) is 0 Å². The predicted octanol–water partition coefficient (Wildman–Crippen LogP) is 0.913. The number of piperidine rings is 1. The molecule has 0 unspecified atom stereocenters. The van der Waals surface area contributed by atoms with Crippen LogP contribution in [0.3, 0.4) is 0 Å². The molecule has 7 nitrogen and oxygen atoms in total. The summed E-state index contributed by atoms with van der Waals surface area (Å²) >= 11 is 0. The third-order valence-electron chi connectivity index (χ3n) is 3.33. The Kier molecular flexibility index (Phi) is 3.84. The molecule has 0 bridgehead atoms. The molecule has 0 radical (unpaired) electrons. The van der Waals surface area contributed by atoms with Crippen LogP contribution in [0.4, 0.5) is 15.8 Å². The van der Waals surface area contributed by atoms with Gasteiger partial charge in [0.25, 0.3) is 11.6 Å². The highest BCUT2D eigenvalue weighted by Crippen LogP contribution is 2.29. The van der Waals surface area contributed by atoms with Gasteiger partial charge < -0.3 is 15.7 Å². The molecule has 0 saturated carbocycles. The molecule has 20 heavy (non-hydrogen) atoms. The Morgan fingerprint density at radius 2 is 2.05 bits per heavy atom. The number of carbonyl (C=O) groups is 1. The van der Waals surface area contributed by atoms with Crippen molar-refractivity contribution in [2.24, 2.45) is 0 Å². The van der Waals surface area contributed by atoms with Crippen LogP contribution in [0.2, 0.25) is 0 Å². The van der Waals surface area contributed by atoms with E-state index in [0.29, 0.717) is 12.8 Å². The Morgan fingerprint density at radius 1 is 1.45 bits per heavy atom. The van der Waals surface area contributed by atoms with E-state index in [-0.39, 0.29) is 13.1 Å². The van der Waals surface area contributed by atoms with E-state index >= 15 is 0 Å². The first-order chi connectivity index (χ1) is 9.41. The first kappa shape index (κ1) is 14.2. The summed E-state index contributed by atoms with van der Waals surface area (Å²) in [6, 6.07) is 1.79. The summed E-state index contributed by atoms with van der Waals surface area (Å²) in [5.74, 6) is -1.57. The van der Waals surface area contributed by atoms with Crippen LogP contribution >= 0.6 is 0 Å². The molecule has 1 heterocycles. The largest absolute Gasteiger partial charge is 0.393 e. The molecule has 1 aromatic carbocycles. The maximum atomic E-state index is 13.8. The highest BCUT2D eigenvalue weighted by atomic mass is 19.1. The van der Waals surface area contributed by atoms with E-state index in [2.05, 4.69) is 0 Å². The highest BCUT2D eigenvalue weighted by Gasteiger charge is 2.29. The number of nitrogens with two attached hydrogens (primary N) is 1. The lowest BCUT2D eigenvalue weighted by Crippen LogP contribution is -2.40. The highest BCUT2D eigenvalue weighted by molar-refractivity contribution is 6.01. The molecule has 108 valence electrons. The Labute approximate surface area is 113 Å². The minimum Gasteiger partial charge on any atom is -0.393 e. The molecular weight excluding hydrogens is 269 g/mol. The molecule has 1 aliphatic rings. The first-order valence-corrected chi connectivity index (χ1v) is 6.11. The zero-order valence-corrected chi connectivity index (χ0v) is 10.6. The molecule has 1 saturated heterocycles. The van der Waals surface area contributed by atoms with E-state index in [0.717, 1.165) is 12.1 Å². The molecule has 3 N–H and O–H groups in total. The van der Waals surface area contributed by atoms with Gasteiger partial charge in [0.1, 0.15) is 17.1 Å². The number of halogens is 1. The third-order valence-corrected chi connectivity index (χ3v) is 3.33. The lowest BCUT2D eigenvalue weighted by atomic mass is 10.0. The van der Waals surface area contributed by atoms with Crippen molar-refractivity contribution in [1.82, 2.24) is 4.90 Å². The Balaban J connectivity index is 2.34. The molecule has 8 heteroatoms. The Morgan fingerprint density at radius 3 is 2.60 bits per heavy atom. The van der Waals surface area contributed by atoms with E-state index in [1.807, 2.05) is 0 Å². The summed E-state index contributed by atoms with van der Waals surface area (Å²) < 4.78 is 13.8. The summed E-state index contributed by atoms with van der Waals surface area (Å²) in [7, 11) is 0. The van der Waals surface area contributed by atoms with Crippen LogP contribution in [-0.2, 0) is 0 Å². The van der Waals surface area contributed by atoms with Gasteiger partial charge in [-0.05, 0) is 18.9 Å². The van der Waals surface area contributed by atoms with Crippen molar-refractivity contribution >= 4 is 17.3 Å². The summed E-state index contributed by atoms with van der Waals surface area (Å²) in [6.07, 6.45) is 0.302. The number of likely N-dealkylation sites (tertiary alicyclic amines) is 1. The van der Waals surface area contributed by atoms with Crippen molar-refractivity contribution in [3.63, 3.8) is 0 Å². The first-order valence-electron chi connectivity index (χ1n) is 6.11. The fraction of sp³-hybridized carbons (Fsp3) is 0.417. The minimum atomic E-state index is -0.885. The monoisotopic (exact) mass is 283 g/mol. The van der Waals surface area contributed by atoms with Gasteiger partial charge in [-0.1, -0.05) is 0 Å². The van der Waals surface area contributed by atoms with Crippen molar-refractivity contribution in [2.45, 2.75) is 18.9 Å². The predicted molar refractivity (Wildman–Crippen MR) is 68.6 cm³/mol. The average Bonchev–Trinajstić information content (AvgIpc) is 2.38. The van der Waals surface area contributed by atoms with Gasteiger partial charge in [-0.25, -0.2) is 4.39 Å². The quantitative estimate of drug-likeness (QED) is 0.476. The Bertz CT molecular complexity index is 556. The number of rotatable bonds is 2. The van der Waals surface area contributed by atoms with Gasteiger partial charge in [0.15, 0.2) is 0 Å². The summed E-state index contributed by atoms with van der Waals surface area (Å²) in [5.41, 5.74) is 4.10. The van der Waals surface area contributed by atoms with Crippen LogP contribution in [0, 0.1) is 15.9 Å². The van der Waals surface area contributed by atoms with Gasteiger partial charge in [0.2, 0.25) is 0 Å². The number of nitrogen functional groups attached to an aromatic ring is 1. The summed E-state index contributed by atoms with van der Waals surface area (Å²) in [5, 5.41) is 20.2. The van der Waals surface area contributed by atoms with Gasteiger partial charge >= 0.3 is 0 Å². The molecule has 1 amide bonds. The normalized spacial score (nSPS) is 16.2. The number of amides is 1. The van der Waals surface area contributed by atoms with Gasteiger partial charge in [-0.15, -0.1) is 0 Å². The zero-order chi connectivity index (χ0) is 14.9. The van der Waals surface area contributed by atoms with Crippen LogP contribution < -0.4 is 5.73 Å². The van der Waals surface area contributed by atoms with Crippen LogP contribution in [0.1, 0.15) is 23.2 Å². The van der Waals surface area contributed by atoms with Crippen LogP contribution in [0.5, 0.6) is 0 Å². The number of hydrogen-bond acceptors (Lipinski definition) is 5. The Hall–Kier alpha value is -2.22. The number of carbonyl (C=O) groups excluding carboxylic acids is 1. The summed E-state index contributed by atoms with van der Waals surface area (Å²) in [6.45, 7) is 0.531. The molecule has 0 aliphatic carbocycles. The fourth-order valence-corrected chi connectivity index (χ4v) is 2.19. The topological polar surface area (TPSA) is 110 Å². The molecule has 0 aromatic heterocycles. The van der Waals surface area contributed by atoms with Gasteiger partial charge in [0, 0.05) is 19.2 Å². The lowest BCUT2D eigenvalue weighted by Gasteiger charge is -2.29. The maximum absolute atomic E-state index is 13.8. The van der Waals surface area contributed by atoms with Crippen molar-refractivity contribution < 1.29 is 19.2 Å². The molecule has 1 aliphatic heterocycles. The van der Waals surface area contributed by atoms with E-state index in [4.69, 9.17) is 5.73 Å². The molecule has 1 fully saturated rings. The molecule has 0 atom stereocenters. The SMILES string of the molecule is Nc1c([N+](=O)[O-])ccc(F)c1C(=O)N1CCC(O)CC1. The number of hydrogen-bond donors (Lipinski definition) is 2. The number of nitro benzene ring substituents is 1. The van der Waals surface area contributed by atoms with Gasteiger partial charge in [0.05, 0.1) is 11.0 Å². The molecular formula is C12H14FN3O4. The standard InChI is InChI=1S/C12H14FN3O4/c13-8-1-2-9(16(19)20)11(14)10(8)12(18)15-5-3-7(17)4-6-15/h1-2,7,17H,3-6,14H2. The second kappa shape index (κ2) is 5.41. The fourth-order valence-electron chi connectivity index (χ4n) is 2.19. The minimum absolute atomic E-state index is 0.265. The second-order valence-electron chi connectivity index (χ2n) is 4.64. The van der Waals surface area contributed by atoms with Crippen molar-refractivity contribution in [3.05, 3.63) is 33.6 Å². The number of anilines is 1. The van der Waals surface area contributed by atoms with Crippen LogP contribution in [-0.4, -0.2) is 40.0 Å². The van der Waals surface area contributed by atoms with E-state index in [1.165, 1.54) is 4.90 Å². The number of benzene rings is 1. The van der Waals surface area contributed by atoms with E-state index < -0.39 is 39.7 Å². The number of nitro groups is 1. The summed E-state index contributed by atoms with van der Waals surface area (Å²) in [4.78, 5) is 23.6. The molecule has 1 aromatic rings. The smallest absolute Gasteiger partial charge is 0.293 e. The van der Waals surface area contributed by atoms with Gasteiger partial charge in [-0.3, -0.25) is 14.9 Å². The van der Waals surface area contributed by atoms with Crippen LogP contribution in [0.15, 0.2) is 12.1 Å². The number of aliphatic hydroxyl groups is 1. The average molecular weight is 283 g/mol. The zero-order valence-electron chi connectivity index (χ0n) is 10.6. The van der Waals surface area contributed by atoms with E-state index in [1.54, 1.807) is 0 Å². The van der Waals surface area contributed by atoms with E-state index in [9.17, 15) is 24.4 Å². The molecule has 2 rings (SSSR count). The second-order valence-corrected chi connectivity index (χ2v) is 4.64. The number of aliphatic hydroxyl groups excluding tert-OH is 1. The lowest BCUT2D eigenvalue weighted by molar-refractivity contribution is -0.384. The maximum Gasteiger partial charge on any atom is 0.293 e. The van der Waals surface area contributed by atoms with Crippen molar-refractivity contribution in [2.75, 3.05) is 18.8 Å². The molecule has 0 spiro atoms. The van der Waals surface area contributed by atoms with Crippen LogP contribution in [0.25, 0.3) is 0 Å². The van der Waals surface area contributed by atoms with Gasteiger partial charge in [-0.2, -0.15) is 0 Å².